The number of aliphatic imine (C=N–C) groups is 1. The summed E-state index contributed by atoms with van der Waals surface area (Å²) in [5, 5.41) is 3.99. The van der Waals surface area contributed by atoms with Gasteiger partial charge in [-0.1, -0.05) is 35.9 Å². The number of benzene rings is 1. The highest BCUT2D eigenvalue weighted by molar-refractivity contribution is 6.34. The maximum absolute atomic E-state index is 13.1. The minimum Gasteiger partial charge on any atom is -0.378 e. The Morgan fingerprint density at radius 1 is 1.14 bits per heavy atom. The van der Waals surface area contributed by atoms with Crippen LogP contribution in [0.2, 0.25) is 5.02 Å². The number of nitrogens with zero attached hydrogens (tertiary/aromatic N) is 4. The molecule has 1 saturated heterocycles. The van der Waals surface area contributed by atoms with Crippen molar-refractivity contribution in [2.75, 3.05) is 38.5 Å². The first-order valence-electron chi connectivity index (χ1n) is 12.5. The van der Waals surface area contributed by atoms with Gasteiger partial charge < -0.3 is 20.9 Å². The average Bonchev–Trinajstić information content (AvgIpc) is 3.61. The molecule has 3 heterocycles. The normalized spacial score (nSPS) is 26.7. The van der Waals surface area contributed by atoms with E-state index in [1.54, 1.807) is 6.20 Å². The van der Waals surface area contributed by atoms with Gasteiger partial charge in [0.25, 0.3) is 5.91 Å². The molecule has 1 aromatic heterocycles. The quantitative estimate of drug-likeness (QED) is 0.609. The molecule has 1 aromatic carbocycles. The first kappa shape index (κ1) is 23.2. The van der Waals surface area contributed by atoms with Gasteiger partial charge in [-0.15, -0.1) is 0 Å². The Labute approximate surface area is 215 Å². The number of fused-ring (bicyclic) bond motifs is 3. The fourth-order valence-corrected chi connectivity index (χ4v) is 6.19. The summed E-state index contributed by atoms with van der Waals surface area (Å²) >= 11 is 6.59. The fraction of sp³-hybridized carbons (Fsp3) is 0.407. The van der Waals surface area contributed by atoms with E-state index < -0.39 is 0 Å². The lowest BCUT2D eigenvalue weighted by Gasteiger charge is -2.32. The number of primary amides is 1. The average molecular weight is 505 g/mol. The van der Waals surface area contributed by atoms with Crippen LogP contribution in [0.15, 0.2) is 47.6 Å². The van der Waals surface area contributed by atoms with Crippen LogP contribution in [0.1, 0.15) is 28.0 Å². The van der Waals surface area contributed by atoms with Crippen LogP contribution < -0.4 is 11.1 Å². The largest absolute Gasteiger partial charge is 0.378 e. The molecular weight excluding hydrogens is 476 g/mol. The zero-order valence-electron chi connectivity index (χ0n) is 20.2. The Balaban J connectivity index is 1.27. The summed E-state index contributed by atoms with van der Waals surface area (Å²) in [5.41, 5.74) is 10.4. The number of pyridine rings is 1. The molecule has 0 radical (unpaired) electrons. The molecule has 2 amide bonds. The van der Waals surface area contributed by atoms with E-state index in [0.29, 0.717) is 28.4 Å². The van der Waals surface area contributed by atoms with E-state index in [9.17, 15) is 9.59 Å². The summed E-state index contributed by atoms with van der Waals surface area (Å²) in [6, 6.07) is 7.54. The monoisotopic (exact) mass is 504 g/mol. The van der Waals surface area contributed by atoms with Crippen molar-refractivity contribution in [3.05, 3.63) is 64.5 Å². The predicted octanol–water partition coefficient (Wildman–Crippen LogP) is 2.89. The topological polar surface area (TPSA) is 104 Å². The third kappa shape index (κ3) is 3.98. The van der Waals surface area contributed by atoms with Crippen molar-refractivity contribution in [1.29, 1.82) is 0 Å². The van der Waals surface area contributed by atoms with Gasteiger partial charge in [-0.25, -0.2) is 4.99 Å². The van der Waals surface area contributed by atoms with E-state index in [4.69, 9.17) is 22.3 Å². The van der Waals surface area contributed by atoms with Gasteiger partial charge in [0.05, 0.1) is 28.0 Å². The van der Waals surface area contributed by atoms with Crippen molar-refractivity contribution in [2.24, 2.45) is 28.5 Å². The highest BCUT2D eigenvalue weighted by atomic mass is 35.5. The van der Waals surface area contributed by atoms with Crippen LogP contribution in [0.25, 0.3) is 0 Å². The molecule has 36 heavy (non-hydrogen) atoms. The Kier molecular flexibility index (Phi) is 5.80. The maximum atomic E-state index is 13.1. The lowest BCUT2D eigenvalue weighted by Crippen LogP contribution is -2.47. The molecule has 2 bridgehead atoms. The van der Waals surface area contributed by atoms with Gasteiger partial charge in [0.2, 0.25) is 5.91 Å². The van der Waals surface area contributed by atoms with Crippen molar-refractivity contribution in [3.63, 3.8) is 0 Å². The van der Waals surface area contributed by atoms with Gasteiger partial charge in [-0.05, 0) is 43.0 Å². The molecule has 2 aliphatic heterocycles. The molecule has 2 fully saturated rings. The predicted molar refractivity (Wildman–Crippen MR) is 140 cm³/mol. The number of hydrogen-bond acceptors (Lipinski definition) is 6. The zero-order valence-corrected chi connectivity index (χ0v) is 20.9. The number of halogens is 1. The standard InChI is InChI=1S/C27H29ClN6O2/c1-33-7-9-34(10-8-33)27(36)18-4-2-3-15(11-18)20-13-21-25(31-20)24(19(28)14-30-21)32-23-17-6-5-16(12-17)22(23)26(29)35/h2-6,11,14,16-17,22-23H,7-10,12-13H2,1H3,(H2,29,35)(H,30,32)/t16-,17+,22+,23-/m1/s1. The van der Waals surface area contributed by atoms with Crippen molar-refractivity contribution in [1.82, 2.24) is 14.8 Å². The number of carbonyl (C=O) groups is 2. The van der Waals surface area contributed by atoms with E-state index in [0.717, 1.165) is 49.6 Å². The van der Waals surface area contributed by atoms with E-state index in [1.807, 2.05) is 29.2 Å². The maximum Gasteiger partial charge on any atom is 0.253 e. The lowest BCUT2D eigenvalue weighted by molar-refractivity contribution is -0.122. The third-order valence-corrected chi connectivity index (χ3v) is 8.28. The molecule has 1 saturated carbocycles. The second-order valence-corrected chi connectivity index (χ2v) is 10.6. The SMILES string of the molecule is CN1CCN(C(=O)c2cccc(C3=Nc4c(ncc(Cl)c4N[C@H]4[C@@H](C(N)=O)[C@@H]5C=C[C@H]4C5)C3)c2)CC1. The minimum absolute atomic E-state index is 0.0476. The summed E-state index contributed by atoms with van der Waals surface area (Å²) in [5.74, 6) is -0.126. The Bertz CT molecular complexity index is 1300. The summed E-state index contributed by atoms with van der Waals surface area (Å²) in [7, 11) is 2.07. The van der Waals surface area contributed by atoms with Gasteiger partial charge in [-0.3, -0.25) is 14.6 Å². The number of carbonyl (C=O) groups excluding carboxylic acids is 2. The number of anilines is 1. The number of aromatic nitrogens is 1. The van der Waals surface area contributed by atoms with Crippen molar-refractivity contribution >= 4 is 40.5 Å². The van der Waals surface area contributed by atoms with Crippen LogP contribution in [0.4, 0.5) is 11.4 Å². The molecule has 9 heteroatoms. The van der Waals surface area contributed by atoms with Crippen molar-refractivity contribution < 1.29 is 9.59 Å². The van der Waals surface area contributed by atoms with Crippen LogP contribution in [-0.4, -0.2) is 71.6 Å². The minimum atomic E-state index is -0.294. The first-order chi connectivity index (χ1) is 17.4. The lowest BCUT2D eigenvalue weighted by atomic mass is 9.88. The molecule has 8 nitrogen and oxygen atoms in total. The number of amides is 2. The van der Waals surface area contributed by atoms with Crippen molar-refractivity contribution in [3.8, 4) is 0 Å². The third-order valence-electron chi connectivity index (χ3n) is 8.00. The van der Waals surface area contributed by atoms with E-state index >= 15 is 0 Å². The van der Waals surface area contributed by atoms with Crippen LogP contribution in [0, 0.1) is 17.8 Å². The van der Waals surface area contributed by atoms with Crippen LogP contribution in [0.5, 0.6) is 0 Å². The molecule has 4 aliphatic rings. The number of nitrogens with one attached hydrogen (secondary N) is 1. The molecule has 0 spiro atoms. The van der Waals surface area contributed by atoms with Gasteiger partial charge in [-0.2, -0.15) is 0 Å². The fourth-order valence-electron chi connectivity index (χ4n) is 6.00. The van der Waals surface area contributed by atoms with Gasteiger partial charge in [0.1, 0.15) is 5.69 Å². The van der Waals surface area contributed by atoms with Gasteiger partial charge in [0.15, 0.2) is 0 Å². The number of hydrogen-bond donors (Lipinski definition) is 2. The van der Waals surface area contributed by atoms with Gasteiger partial charge in [0, 0.05) is 50.4 Å². The second-order valence-electron chi connectivity index (χ2n) is 10.2. The summed E-state index contributed by atoms with van der Waals surface area (Å²) in [6.07, 6.45) is 7.36. The van der Waals surface area contributed by atoms with E-state index in [1.165, 1.54) is 0 Å². The summed E-state index contributed by atoms with van der Waals surface area (Å²) in [6.45, 7) is 3.22. The summed E-state index contributed by atoms with van der Waals surface area (Å²) in [4.78, 5) is 38.9. The second kappa shape index (κ2) is 9.01. The Hall–Kier alpha value is -3.23. The first-order valence-corrected chi connectivity index (χ1v) is 12.8. The summed E-state index contributed by atoms with van der Waals surface area (Å²) < 4.78 is 0. The van der Waals surface area contributed by atoms with Crippen LogP contribution in [0.3, 0.4) is 0 Å². The highest BCUT2D eigenvalue weighted by Gasteiger charge is 2.48. The number of allylic oxidation sites excluding steroid dienone is 1. The molecule has 2 aliphatic carbocycles. The number of piperazine rings is 1. The number of nitrogens with two attached hydrogens (primary N) is 1. The highest BCUT2D eigenvalue weighted by Crippen LogP contribution is 2.47. The molecule has 4 atom stereocenters. The molecule has 6 rings (SSSR count). The smallest absolute Gasteiger partial charge is 0.253 e. The molecular formula is C27H29ClN6O2. The Morgan fingerprint density at radius 3 is 2.69 bits per heavy atom. The zero-order chi connectivity index (χ0) is 25.0. The van der Waals surface area contributed by atoms with Crippen molar-refractivity contribution in [2.45, 2.75) is 18.9 Å². The van der Waals surface area contributed by atoms with E-state index in [2.05, 4.69) is 34.4 Å². The van der Waals surface area contributed by atoms with Gasteiger partial charge >= 0.3 is 0 Å². The van der Waals surface area contributed by atoms with E-state index in [-0.39, 0.29) is 35.6 Å². The molecule has 3 N–H and O–H groups in total. The molecule has 2 aromatic rings. The van der Waals surface area contributed by atoms with Crippen LogP contribution >= 0.6 is 11.6 Å². The number of likely N-dealkylation sites (N-methyl/N-ethyl adjacent to an activating group) is 1. The molecule has 0 unspecified atom stereocenters. The number of rotatable bonds is 5. The molecule has 186 valence electrons. The van der Waals surface area contributed by atoms with Crippen LogP contribution in [-0.2, 0) is 11.2 Å². The Morgan fingerprint density at radius 2 is 1.92 bits per heavy atom.